The lowest BCUT2D eigenvalue weighted by Crippen LogP contribution is -2.22. The molecule has 1 aliphatic heterocycles. The number of rotatable bonds is 2. The van der Waals surface area contributed by atoms with E-state index in [0.717, 1.165) is 25.1 Å². The van der Waals surface area contributed by atoms with Gasteiger partial charge in [0.15, 0.2) is 0 Å². The number of hydrogen-bond donors (Lipinski definition) is 1. The van der Waals surface area contributed by atoms with Crippen molar-refractivity contribution in [1.82, 2.24) is 5.32 Å². The molecule has 0 radical (unpaired) electrons. The van der Waals surface area contributed by atoms with Crippen molar-refractivity contribution in [3.8, 4) is 0 Å². The molecule has 0 fully saturated rings. The van der Waals surface area contributed by atoms with Crippen LogP contribution in [0, 0.1) is 6.92 Å². The van der Waals surface area contributed by atoms with Crippen molar-refractivity contribution in [1.29, 1.82) is 0 Å². The first-order valence-corrected chi connectivity index (χ1v) is 8.04. The molecule has 0 saturated heterocycles. The monoisotopic (exact) mass is 291 g/mol. The standard InChI is InChI=1S/C20H21NO/c1-13-10-16(14(2)15-6-4-3-5-7-15)11-17-18-12-21-9-8-19(18)22-20(13)17/h3-7,10-11,14,21H,8-9,12H2,1-2H3. The Balaban J connectivity index is 1.86. The van der Waals surface area contributed by atoms with Crippen molar-refractivity contribution in [3.63, 3.8) is 0 Å². The predicted molar refractivity (Wildman–Crippen MR) is 90.3 cm³/mol. The van der Waals surface area contributed by atoms with Gasteiger partial charge in [0.05, 0.1) is 0 Å². The zero-order chi connectivity index (χ0) is 15.1. The topological polar surface area (TPSA) is 25.2 Å². The third-order valence-electron chi connectivity index (χ3n) is 4.81. The van der Waals surface area contributed by atoms with E-state index in [2.05, 4.69) is 61.6 Å². The molecule has 2 heterocycles. The van der Waals surface area contributed by atoms with Crippen molar-refractivity contribution in [2.75, 3.05) is 6.54 Å². The van der Waals surface area contributed by atoms with E-state index in [1.807, 2.05) is 0 Å². The lowest BCUT2D eigenvalue weighted by molar-refractivity contribution is 0.499. The fraction of sp³-hybridized carbons (Fsp3) is 0.300. The largest absolute Gasteiger partial charge is 0.460 e. The highest BCUT2D eigenvalue weighted by molar-refractivity contribution is 5.86. The Morgan fingerprint density at radius 3 is 2.73 bits per heavy atom. The summed E-state index contributed by atoms with van der Waals surface area (Å²) in [6, 6.07) is 15.3. The Kier molecular flexibility index (Phi) is 3.27. The number of benzene rings is 2. The van der Waals surface area contributed by atoms with Gasteiger partial charge in [0.2, 0.25) is 0 Å². The van der Waals surface area contributed by atoms with E-state index in [1.165, 1.54) is 33.4 Å². The molecule has 2 nitrogen and oxygen atoms in total. The average molecular weight is 291 g/mol. The molecule has 0 amide bonds. The minimum absolute atomic E-state index is 0.395. The Labute approximate surface area is 131 Å². The second-order valence-corrected chi connectivity index (χ2v) is 6.28. The molecule has 22 heavy (non-hydrogen) atoms. The zero-order valence-corrected chi connectivity index (χ0v) is 13.1. The highest BCUT2D eigenvalue weighted by atomic mass is 16.3. The number of fused-ring (bicyclic) bond motifs is 3. The fourth-order valence-corrected chi connectivity index (χ4v) is 3.49. The second-order valence-electron chi connectivity index (χ2n) is 6.28. The maximum absolute atomic E-state index is 6.12. The van der Waals surface area contributed by atoms with Gasteiger partial charge in [-0.3, -0.25) is 0 Å². The lowest BCUT2D eigenvalue weighted by Gasteiger charge is -2.14. The summed E-state index contributed by atoms with van der Waals surface area (Å²) in [4.78, 5) is 0. The fourth-order valence-electron chi connectivity index (χ4n) is 3.49. The molecule has 0 saturated carbocycles. The van der Waals surface area contributed by atoms with E-state index in [1.54, 1.807) is 0 Å². The molecular formula is C20H21NO. The summed E-state index contributed by atoms with van der Waals surface area (Å²) < 4.78 is 6.12. The van der Waals surface area contributed by atoms with Crippen molar-refractivity contribution in [2.45, 2.75) is 32.7 Å². The van der Waals surface area contributed by atoms with Gasteiger partial charge in [0.25, 0.3) is 0 Å². The Bertz CT molecular complexity index is 817. The van der Waals surface area contributed by atoms with Gasteiger partial charge in [-0.05, 0) is 29.7 Å². The number of hydrogen-bond acceptors (Lipinski definition) is 2. The Morgan fingerprint density at radius 1 is 1.09 bits per heavy atom. The summed E-state index contributed by atoms with van der Waals surface area (Å²) in [7, 11) is 0. The third-order valence-corrected chi connectivity index (χ3v) is 4.81. The van der Waals surface area contributed by atoms with E-state index in [0.29, 0.717) is 5.92 Å². The molecule has 1 unspecified atom stereocenters. The lowest BCUT2D eigenvalue weighted by atomic mass is 9.90. The van der Waals surface area contributed by atoms with Crippen LogP contribution in [0.1, 0.15) is 40.9 Å². The number of furan rings is 1. The van der Waals surface area contributed by atoms with E-state index in [-0.39, 0.29) is 0 Å². The first kappa shape index (κ1) is 13.6. The molecule has 0 spiro atoms. The average Bonchev–Trinajstić information content (AvgIpc) is 2.94. The van der Waals surface area contributed by atoms with E-state index >= 15 is 0 Å². The minimum Gasteiger partial charge on any atom is -0.460 e. The van der Waals surface area contributed by atoms with Crippen LogP contribution in [0.5, 0.6) is 0 Å². The third kappa shape index (κ3) is 2.15. The van der Waals surface area contributed by atoms with Crippen LogP contribution in [0.25, 0.3) is 11.0 Å². The predicted octanol–water partition coefficient (Wildman–Crippen LogP) is 4.54. The quantitative estimate of drug-likeness (QED) is 0.750. The smallest absolute Gasteiger partial charge is 0.137 e. The van der Waals surface area contributed by atoms with Crippen molar-refractivity contribution in [2.24, 2.45) is 0 Å². The molecule has 1 N–H and O–H groups in total. The Morgan fingerprint density at radius 2 is 1.91 bits per heavy atom. The highest BCUT2D eigenvalue weighted by Gasteiger charge is 2.20. The van der Waals surface area contributed by atoms with Crippen LogP contribution in [0.3, 0.4) is 0 Å². The van der Waals surface area contributed by atoms with Gasteiger partial charge in [-0.2, -0.15) is 0 Å². The summed E-state index contributed by atoms with van der Waals surface area (Å²) in [5.74, 6) is 1.56. The van der Waals surface area contributed by atoms with Crippen LogP contribution < -0.4 is 5.32 Å². The normalized spacial score (nSPS) is 15.7. The van der Waals surface area contributed by atoms with Crippen molar-refractivity contribution < 1.29 is 4.42 Å². The SMILES string of the molecule is Cc1cc(C(C)c2ccccc2)cc2c3c(oc12)CCNC3. The molecular weight excluding hydrogens is 270 g/mol. The van der Waals surface area contributed by atoms with Crippen LogP contribution in [-0.4, -0.2) is 6.54 Å². The molecule has 0 bridgehead atoms. The number of aryl methyl sites for hydroxylation is 1. The van der Waals surface area contributed by atoms with Gasteiger partial charge in [-0.1, -0.05) is 43.3 Å². The van der Waals surface area contributed by atoms with Gasteiger partial charge in [-0.15, -0.1) is 0 Å². The molecule has 0 aliphatic carbocycles. The van der Waals surface area contributed by atoms with Crippen molar-refractivity contribution >= 4 is 11.0 Å². The maximum Gasteiger partial charge on any atom is 0.137 e. The summed E-state index contributed by atoms with van der Waals surface area (Å²) in [5.41, 5.74) is 6.39. The first-order valence-electron chi connectivity index (χ1n) is 8.04. The molecule has 1 aliphatic rings. The van der Waals surface area contributed by atoms with Crippen LogP contribution >= 0.6 is 0 Å². The van der Waals surface area contributed by atoms with E-state index in [9.17, 15) is 0 Å². The van der Waals surface area contributed by atoms with E-state index < -0.39 is 0 Å². The van der Waals surface area contributed by atoms with Crippen LogP contribution in [0.15, 0.2) is 46.9 Å². The Hall–Kier alpha value is -2.06. The van der Waals surface area contributed by atoms with Gasteiger partial charge in [0.1, 0.15) is 11.3 Å². The molecule has 1 atom stereocenters. The molecule has 3 aromatic rings. The summed E-state index contributed by atoms with van der Waals surface area (Å²) in [6.45, 7) is 6.37. The maximum atomic E-state index is 6.12. The molecule has 2 aromatic carbocycles. The highest BCUT2D eigenvalue weighted by Crippen LogP contribution is 2.34. The number of nitrogens with one attached hydrogen (secondary N) is 1. The van der Waals surface area contributed by atoms with Crippen LogP contribution in [0.2, 0.25) is 0 Å². The molecule has 112 valence electrons. The molecule has 2 heteroatoms. The zero-order valence-electron chi connectivity index (χ0n) is 13.1. The summed E-state index contributed by atoms with van der Waals surface area (Å²) in [6.07, 6.45) is 0.993. The van der Waals surface area contributed by atoms with E-state index in [4.69, 9.17) is 4.42 Å². The van der Waals surface area contributed by atoms with Gasteiger partial charge in [0, 0.05) is 36.4 Å². The van der Waals surface area contributed by atoms with Gasteiger partial charge in [-0.25, -0.2) is 0 Å². The minimum atomic E-state index is 0.395. The van der Waals surface area contributed by atoms with Gasteiger partial charge >= 0.3 is 0 Å². The molecule has 1 aromatic heterocycles. The first-order chi connectivity index (χ1) is 10.7. The van der Waals surface area contributed by atoms with Crippen LogP contribution in [-0.2, 0) is 13.0 Å². The summed E-state index contributed by atoms with van der Waals surface area (Å²) in [5, 5.41) is 4.75. The summed E-state index contributed by atoms with van der Waals surface area (Å²) >= 11 is 0. The van der Waals surface area contributed by atoms with Crippen molar-refractivity contribution in [3.05, 3.63) is 70.5 Å². The van der Waals surface area contributed by atoms with Crippen LogP contribution in [0.4, 0.5) is 0 Å². The van der Waals surface area contributed by atoms with Gasteiger partial charge < -0.3 is 9.73 Å². The molecule has 4 rings (SSSR count). The second kappa shape index (κ2) is 5.29.